The maximum atomic E-state index is 5.88. The zero-order valence-corrected chi connectivity index (χ0v) is 8.67. The molecule has 1 rings (SSSR count). The second-order valence-electron chi connectivity index (χ2n) is 3.75. The lowest BCUT2D eigenvalue weighted by atomic mass is 10.1. The fraction of sp³-hybridized carbons (Fsp3) is 1.00. The summed E-state index contributed by atoms with van der Waals surface area (Å²) < 4.78 is 5.29. The van der Waals surface area contributed by atoms with Gasteiger partial charge in [-0.05, 0) is 32.7 Å². The average molecular weight is 186 g/mol. The van der Waals surface area contributed by atoms with Gasteiger partial charge in [-0.15, -0.1) is 0 Å². The van der Waals surface area contributed by atoms with Crippen molar-refractivity contribution in [2.75, 3.05) is 32.8 Å². The Kier molecular flexibility index (Phi) is 5.35. The number of rotatable bonds is 5. The van der Waals surface area contributed by atoms with Crippen molar-refractivity contribution >= 4 is 0 Å². The summed E-state index contributed by atoms with van der Waals surface area (Å²) >= 11 is 0. The molecule has 0 saturated carbocycles. The highest BCUT2D eigenvalue weighted by molar-refractivity contribution is 4.74. The van der Waals surface area contributed by atoms with Crippen LogP contribution in [0, 0.1) is 0 Å². The predicted molar refractivity (Wildman–Crippen MR) is 54.8 cm³/mol. The SMILES string of the molecule is CCOCCCN1CCCC(N)C1. The Morgan fingerprint density at radius 1 is 1.54 bits per heavy atom. The first-order valence-electron chi connectivity index (χ1n) is 5.38. The average Bonchev–Trinajstić information content (AvgIpc) is 2.13. The molecule has 13 heavy (non-hydrogen) atoms. The van der Waals surface area contributed by atoms with E-state index in [1.165, 1.54) is 19.4 Å². The van der Waals surface area contributed by atoms with Crippen LogP contribution in [0.3, 0.4) is 0 Å². The first kappa shape index (κ1) is 11.0. The first-order chi connectivity index (χ1) is 6.33. The van der Waals surface area contributed by atoms with E-state index < -0.39 is 0 Å². The molecule has 2 N–H and O–H groups in total. The highest BCUT2D eigenvalue weighted by Crippen LogP contribution is 2.08. The Hall–Kier alpha value is -0.120. The monoisotopic (exact) mass is 186 g/mol. The molecule has 0 radical (unpaired) electrons. The lowest BCUT2D eigenvalue weighted by Crippen LogP contribution is -2.43. The molecule has 1 aliphatic heterocycles. The Labute approximate surface area is 81.2 Å². The third kappa shape index (κ3) is 4.60. The third-order valence-electron chi connectivity index (χ3n) is 2.51. The third-order valence-corrected chi connectivity index (χ3v) is 2.51. The van der Waals surface area contributed by atoms with Crippen LogP contribution in [0.4, 0.5) is 0 Å². The predicted octanol–water partition coefficient (Wildman–Crippen LogP) is 0.836. The van der Waals surface area contributed by atoms with Crippen molar-refractivity contribution in [3.8, 4) is 0 Å². The standard InChI is InChI=1S/C10H22N2O/c1-2-13-8-4-7-12-6-3-5-10(11)9-12/h10H,2-9,11H2,1H3. The molecule has 1 atom stereocenters. The zero-order chi connectivity index (χ0) is 9.52. The van der Waals surface area contributed by atoms with Gasteiger partial charge in [0.1, 0.15) is 0 Å². The van der Waals surface area contributed by atoms with Crippen molar-refractivity contribution in [1.82, 2.24) is 4.90 Å². The van der Waals surface area contributed by atoms with Crippen LogP contribution in [0.1, 0.15) is 26.2 Å². The minimum atomic E-state index is 0.404. The number of hydrogen-bond donors (Lipinski definition) is 1. The summed E-state index contributed by atoms with van der Waals surface area (Å²) in [6.07, 6.45) is 3.60. The molecule has 0 bridgehead atoms. The number of nitrogens with zero attached hydrogens (tertiary/aromatic N) is 1. The smallest absolute Gasteiger partial charge is 0.0478 e. The van der Waals surface area contributed by atoms with Gasteiger partial charge in [-0.3, -0.25) is 0 Å². The lowest BCUT2D eigenvalue weighted by Gasteiger charge is -2.30. The second-order valence-corrected chi connectivity index (χ2v) is 3.75. The van der Waals surface area contributed by atoms with Gasteiger partial charge in [0.15, 0.2) is 0 Å². The molecule has 3 nitrogen and oxygen atoms in total. The van der Waals surface area contributed by atoms with Gasteiger partial charge in [-0.25, -0.2) is 0 Å². The molecule has 0 aliphatic carbocycles. The largest absolute Gasteiger partial charge is 0.382 e. The maximum absolute atomic E-state index is 5.88. The summed E-state index contributed by atoms with van der Waals surface area (Å²) in [6, 6.07) is 0.404. The summed E-state index contributed by atoms with van der Waals surface area (Å²) in [6.45, 7) is 7.21. The van der Waals surface area contributed by atoms with Crippen LogP contribution in [-0.2, 0) is 4.74 Å². The second kappa shape index (κ2) is 6.35. The van der Waals surface area contributed by atoms with Gasteiger partial charge < -0.3 is 15.4 Å². The van der Waals surface area contributed by atoms with E-state index in [4.69, 9.17) is 10.5 Å². The molecular formula is C10H22N2O. The van der Waals surface area contributed by atoms with Crippen molar-refractivity contribution in [3.63, 3.8) is 0 Å². The summed E-state index contributed by atoms with van der Waals surface area (Å²) in [5.41, 5.74) is 5.88. The summed E-state index contributed by atoms with van der Waals surface area (Å²) in [4.78, 5) is 2.45. The van der Waals surface area contributed by atoms with E-state index in [0.29, 0.717) is 6.04 Å². The van der Waals surface area contributed by atoms with Crippen LogP contribution >= 0.6 is 0 Å². The van der Waals surface area contributed by atoms with E-state index in [0.717, 1.165) is 32.7 Å². The summed E-state index contributed by atoms with van der Waals surface area (Å²) in [5, 5.41) is 0. The minimum absolute atomic E-state index is 0.404. The zero-order valence-electron chi connectivity index (χ0n) is 8.67. The van der Waals surface area contributed by atoms with Gasteiger partial charge in [0.2, 0.25) is 0 Å². The fourth-order valence-electron chi connectivity index (χ4n) is 1.83. The molecule has 1 saturated heterocycles. The summed E-state index contributed by atoms with van der Waals surface area (Å²) in [7, 11) is 0. The molecule has 1 heterocycles. The van der Waals surface area contributed by atoms with Crippen molar-refractivity contribution < 1.29 is 4.74 Å². The van der Waals surface area contributed by atoms with Crippen LogP contribution in [-0.4, -0.2) is 43.8 Å². The van der Waals surface area contributed by atoms with Crippen LogP contribution in [0.5, 0.6) is 0 Å². The highest BCUT2D eigenvalue weighted by Gasteiger charge is 2.15. The molecular weight excluding hydrogens is 164 g/mol. The van der Waals surface area contributed by atoms with Crippen LogP contribution in [0.2, 0.25) is 0 Å². The molecule has 0 spiro atoms. The topological polar surface area (TPSA) is 38.5 Å². The molecule has 1 fully saturated rings. The minimum Gasteiger partial charge on any atom is -0.382 e. The van der Waals surface area contributed by atoms with Gasteiger partial charge in [-0.1, -0.05) is 0 Å². The molecule has 1 unspecified atom stereocenters. The first-order valence-corrected chi connectivity index (χ1v) is 5.38. The number of likely N-dealkylation sites (tertiary alicyclic amines) is 1. The van der Waals surface area contributed by atoms with E-state index in [-0.39, 0.29) is 0 Å². The normalized spacial score (nSPS) is 24.9. The number of piperidine rings is 1. The number of nitrogens with two attached hydrogens (primary N) is 1. The van der Waals surface area contributed by atoms with E-state index in [1.54, 1.807) is 0 Å². The molecule has 0 aromatic rings. The van der Waals surface area contributed by atoms with E-state index in [9.17, 15) is 0 Å². The molecule has 1 aliphatic rings. The number of hydrogen-bond acceptors (Lipinski definition) is 3. The highest BCUT2D eigenvalue weighted by atomic mass is 16.5. The Morgan fingerprint density at radius 3 is 3.08 bits per heavy atom. The van der Waals surface area contributed by atoms with E-state index in [1.807, 2.05) is 6.92 Å². The van der Waals surface area contributed by atoms with Gasteiger partial charge in [0.25, 0.3) is 0 Å². The van der Waals surface area contributed by atoms with Gasteiger partial charge in [0.05, 0.1) is 0 Å². The molecule has 0 amide bonds. The molecule has 0 aromatic carbocycles. The van der Waals surface area contributed by atoms with Gasteiger partial charge in [0, 0.05) is 32.3 Å². The maximum Gasteiger partial charge on any atom is 0.0478 e. The van der Waals surface area contributed by atoms with Crippen molar-refractivity contribution in [1.29, 1.82) is 0 Å². The Bertz CT molecular complexity index is 130. The number of ether oxygens (including phenoxy) is 1. The molecule has 78 valence electrons. The van der Waals surface area contributed by atoms with Crippen molar-refractivity contribution in [2.45, 2.75) is 32.2 Å². The van der Waals surface area contributed by atoms with Gasteiger partial charge in [-0.2, -0.15) is 0 Å². The van der Waals surface area contributed by atoms with E-state index >= 15 is 0 Å². The quantitative estimate of drug-likeness (QED) is 0.647. The fourth-order valence-corrected chi connectivity index (χ4v) is 1.83. The van der Waals surface area contributed by atoms with E-state index in [2.05, 4.69) is 4.90 Å². The van der Waals surface area contributed by atoms with Crippen LogP contribution in [0.25, 0.3) is 0 Å². The Morgan fingerprint density at radius 2 is 2.38 bits per heavy atom. The van der Waals surface area contributed by atoms with Crippen LogP contribution in [0.15, 0.2) is 0 Å². The van der Waals surface area contributed by atoms with Crippen LogP contribution < -0.4 is 5.73 Å². The summed E-state index contributed by atoms with van der Waals surface area (Å²) in [5.74, 6) is 0. The van der Waals surface area contributed by atoms with Crippen molar-refractivity contribution in [3.05, 3.63) is 0 Å². The van der Waals surface area contributed by atoms with Crippen molar-refractivity contribution in [2.24, 2.45) is 5.73 Å². The van der Waals surface area contributed by atoms with Gasteiger partial charge >= 0.3 is 0 Å². The Balaban J connectivity index is 2.00. The lowest BCUT2D eigenvalue weighted by molar-refractivity contribution is 0.124. The molecule has 3 heteroatoms. The molecule has 0 aromatic heterocycles.